The molecule has 25 heavy (non-hydrogen) atoms. The number of aryl methyl sites for hydroxylation is 1. The number of nitrogens with one attached hydrogen (secondary N) is 1. The molecule has 2 amide bonds. The van der Waals surface area contributed by atoms with E-state index in [-0.39, 0.29) is 18.2 Å². The lowest BCUT2D eigenvalue weighted by Gasteiger charge is -2.20. The van der Waals surface area contributed by atoms with Crippen molar-refractivity contribution in [3.63, 3.8) is 0 Å². The molecule has 126 valence electrons. The summed E-state index contributed by atoms with van der Waals surface area (Å²) in [6.45, 7) is 2.40. The van der Waals surface area contributed by atoms with Crippen LogP contribution in [0.5, 0.6) is 0 Å². The first-order chi connectivity index (χ1) is 12.1. The molecule has 0 spiro atoms. The zero-order chi connectivity index (χ0) is 17.8. The second kappa shape index (κ2) is 7.18. The van der Waals surface area contributed by atoms with E-state index in [4.69, 9.17) is 5.26 Å². The van der Waals surface area contributed by atoms with E-state index >= 15 is 0 Å². The van der Waals surface area contributed by atoms with Crippen LogP contribution in [0.1, 0.15) is 24.5 Å². The molecule has 5 heteroatoms. The molecule has 1 heterocycles. The average Bonchev–Trinajstić information content (AvgIpc) is 3.03. The Bertz CT molecular complexity index is 854. The number of para-hydroxylation sites is 2. The standard InChI is InChI=1S/C20H19N3O2/c1-2-14-7-4-6-10-18(14)23-13-16(11-19(23)24)20(25)22-17-9-5-3-8-15(17)12-21/h3-10,16H,2,11,13H2,1H3,(H,22,25)/t16-/m1/s1. The van der Waals surface area contributed by atoms with E-state index in [2.05, 4.69) is 11.4 Å². The summed E-state index contributed by atoms with van der Waals surface area (Å²) < 4.78 is 0. The first-order valence-corrected chi connectivity index (χ1v) is 8.32. The fourth-order valence-corrected chi connectivity index (χ4v) is 3.11. The minimum absolute atomic E-state index is 0.0466. The number of nitriles is 1. The van der Waals surface area contributed by atoms with Crippen molar-refractivity contribution in [2.24, 2.45) is 5.92 Å². The topological polar surface area (TPSA) is 73.2 Å². The van der Waals surface area contributed by atoms with Crippen LogP contribution in [0.25, 0.3) is 0 Å². The molecule has 1 fully saturated rings. The van der Waals surface area contributed by atoms with Gasteiger partial charge in [0, 0.05) is 18.7 Å². The molecule has 1 aliphatic rings. The maximum atomic E-state index is 12.6. The molecule has 1 aliphatic heterocycles. The van der Waals surface area contributed by atoms with E-state index in [1.165, 1.54) is 0 Å². The molecular formula is C20H19N3O2. The fourth-order valence-electron chi connectivity index (χ4n) is 3.11. The minimum Gasteiger partial charge on any atom is -0.325 e. The van der Waals surface area contributed by atoms with E-state index < -0.39 is 5.92 Å². The van der Waals surface area contributed by atoms with Gasteiger partial charge in [-0.25, -0.2) is 0 Å². The van der Waals surface area contributed by atoms with Crippen molar-refractivity contribution in [2.45, 2.75) is 19.8 Å². The second-order valence-electron chi connectivity index (χ2n) is 6.03. The van der Waals surface area contributed by atoms with Gasteiger partial charge in [-0.3, -0.25) is 9.59 Å². The first kappa shape index (κ1) is 16.7. The highest BCUT2D eigenvalue weighted by Gasteiger charge is 2.35. The second-order valence-corrected chi connectivity index (χ2v) is 6.03. The third kappa shape index (κ3) is 3.38. The summed E-state index contributed by atoms with van der Waals surface area (Å²) >= 11 is 0. The lowest BCUT2D eigenvalue weighted by molar-refractivity contribution is -0.122. The van der Waals surface area contributed by atoms with Crippen molar-refractivity contribution in [1.82, 2.24) is 0 Å². The van der Waals surface area contributed by atoms with Gasteiger partial charge in [-0.1, -0.05) is 37.3 Å². The Hall–Kier alpha value is -3.13. The van der Waals surface area contributed by atoms with Crippen LogP contribution in [0.15, 0.2) is 48.5 Å². The van der Waals surface area contributed by atoms with Gasteiger partial charge in [-0.05, 0) is 30.2 Å². The number of benzene rings is 2. The molecule has 0 aromatic heterocycles. The Labute approximate surface area is 146 Å². The number of nitrogens with zero attached hydrogens (tertiary/aromatic N) is 2. The maximum Gasteiger partial charge on any atom is 0.229 e. The predicted molar refractivity (Wildman–Crippen MR) is 96.1 cm³/mol. The molecule has 1 atom stereocenters. The molecular weight excluding hydrogens is 314 g/mol. The number of carbonyl (C=O) groups excluding carboxylic acids is 2. The Morgan fingerprint density at radius 1 is 1.24 bits per heavy atom. The Kier molecular flexibility index (Phi) is 4.80. The van der Waals surface area contributed by atoms with Crippen LogP contribution in [0, 0.1) is 17.2 Å². The zero-order valence-electron chi connectivity index (χ0n) is 14.0. The SMILES string of the molecule is CCc1ccccc1N1C[C@H](C(=O)Nc2ccccc2C#N)CC1=O. The van der Waals surface area contributed by atoms with Crippen LogP contribution in [0.2, 0.25) is 0 Å². The van der Waals surface area contributed by atoms with E-state index in [1.54, 1.807) is 29.2 Å². The zero-order valence-corrected chi connectivity index (χ0v) is 14.0. The first-order valence-electron chi connectivity index (χ1n) is 8.32. The lowest BCUT2D eigenvalue weighted by Crippen LogP contribution is -2.28. The fraction of sp³-hybridized carbons (Fsp3) is 0.250. The van der Waals surface area contributed by atoms with Crippen molar-refractivity contribution in [1.29, 1.82) is 5.26 Å². The lowest BCUT2D eigenvalue weighted by atomic mass is 10.1. The molecule has 2 aromatic carbocycles. The average molecular weight is 333 g/mol. The summed E-state index contributed by atoms with van der Waals surface area (Å²) in [6, 6.07) is 16.7. The summed E-state index contributed by atoms with van der Waals surface area (Å²) in [4.78, 5) is 26.7. The number of hydrogen-bond donors (Lipinski definition) is 1. The molecule has 5 nitrogen and oxygen atoms in total. The van der Waals surface area contributed by atoms with Gasteiger partial charge in [-0.2, -0.15) is 5.26 Å². The van der Waals surface area contributed by atoms with Crippen LogP contribution in [0.4, 0.5) is 11.4 Å². The molecule has 1 saturated heterocycles. The van der Waals surface area contributed by atoms with Crippen LogP contribution in [-0.4, -0.2) is 18.4 Å². The van der Waals surface area contributed by atoms with Crippen LogP contribution in [-0.2, 0) is 16.0 Å². The van der Waals surface area contributed by atoms with Crippen LogP contribution in [0.3, 0.4) is 0 Å². The van der Waals surface area contributed by atoms with Gasteiger partial charge in [0.05, 0.1) is 17.2 Å². The molecule has 3 rings (SSSR count). The monoisotopic (exact) mass is 333 g/mol. The Morgan fingerprint density at radius 2 is 1.96 bits per heavy atom. The number of carbonyl (C=O) groups is 2. The molecule has 0 aliphatic carbocycles. The third-order valence-corrected chi connectivity index (χ3v) is 4.46. The number of amides is 2. The molecule has 0 saturated carbocycles. The third-order valence-electron chi connectivity index (χ3n) is 4.46. The van der Waals surface area contributed by atoms with Gasteiger partial charge >= 0.3 is 0 Å². The summed E-state index contributed by atoms with van der Waals surface area (Å²) in [7, 11) is 0. The van der Waals surface area contributed by atoms with Gasteiger partial charge in [0.2, 0.25) is 11.8 Å². The smallest absolute Gasteiger partial charge is 0.229 e. The van der Waals surface area contributed by atoms with Crippen LogP contribution >= 0.6 is 0 Å². The van der Waals surface area contributed by atoms with E-state index in [0.717, 1.165) is 17.7 Å². The molecule has 0 radical (unpaired) electrons. The van der Waals surface area contributed by atoms with E-state index in [0.29, 0.717) is 17.8 Å². The van der Waals surface area contributed by atoms with E-state index in [1.807, 2.05) is 31.2 Å². The van der Waals surface area contributed by atoms with Crippen molar-refractivity contribution in [3.05, 3.63) is 59.7 Å². The predicted octanol–water partition coefficient (Wildman–Crippen LogP) is 3.11. The Balaban J connectivity index is 1.76. The highest BCUT2D eigenvalue weighted by atomic mass is 16.2. The number of hydrogen-bond acceptors (Lipinski definition) is 3. The Morgan fingerprint density at radius 3 is 2.72 bits per heavy atom. The summed E-state index contributed by atoms with van der Waals surface area (Å²) in [5.41, 5.74) is 2.86. The highest BCUT2D eigenvalue weighted by molar-refractivity contribution is 6.04. The molecule has 1 N–H and O–H groups in total. The van der Waals surface area contributed by atoms with Gasteiger partial charge < -0.3 is 10.2 Å². The van der Waals surface area contributed by atoms with Crippen molar-refractivity contribution < 1.29 is 9.59 Å². The molecule has 0 bridgehead atoms. The summed E-state index contributed by atoms with van der Waals surface area (Å²) in [6.07, 6.45) is 1.00. The van der Waals surface area contributed by atoms with Gasteiger partial charge in [0.25, 0.3) is 0 Å². The van der Waals surface area contributed by atoms with Gasteiger partial charge in [0.15, 0.2) is 0 Å². The van der Waals surface area contributed by atoms with Crippen LogP contribution < -0.4 is 10.2 Å². The normalized spacial score (nSPS) is 16.6. The highest BCUT2D eigenvalue weighted by Crippen LogP contribution is 2.29. The number of anilines is 2. The summed E-state index contributed by atoms with van der Waals surface area (Å²) in [5.74, 6) is -0.702. The minimum atomic E-state index is -0.427. The largest absolute Gasteiger partial charge is 0.325 e. The van der Waals surface area contributed by atoms with Gasteiger partial charge in [0.1, 0.15) is 6.07 Å². The number of rotatable bonds is 4. The van der Waals surface area contributed by atoms with E-state index in [9.17, 15) is 9.59 Å². The van der Waals surface area contributed by atoms with Crippen molar-refractivity contribution in [3.8, 4) is 6.07 Å². The quantitative estimate of drug-likeness (QED) is 0.934. The van der Waals surface area contributed by atoms with Crippen molar-refractivity contribution >= 4 is 23.2 Å². The molecule has 0 unspecified atom stereocenters. The summed E-state index contributed by atoms with van der Waals surface area (Å²) in [5, 5.41) is 11.9. The molecule has 2 aromatic rings. The van der Waals surface area contributed by atoms with Crippen molar-refractivity contribution in [2.75, 3.05) is 16.8 Å². The maximum absolute atomic E-state index is 12.6. The van der Waals surface area contributed by atoms with Gasteiger partial charge in [-0.15, -0.1) is 0 Å².